The van der Waals surface area contributed by atoms with Gasteiger partial charge in [-0.25, -0.2) is 13.1 Å². The number of nitriles is 1. The summed E-state index contributed by atoms with van der Waals surface area (Å²) in [6, 6.07) is 15.4. The van der Waals surface area contributed by atoms with Crippen LogP contribution in [0.5, 0.6) is 0 Å². The summed E-state index contributed by atoms with van der Waals surface area (Å²) in [5.74, 6) is 0. The van der Waals surface area contributed by atoms with Crippen LogP contribution in [0.25, 0.3) is 0 Å². The summed E-state index contributed by atoms with van der Waals surface area (Å²) in [6.45, 7) is 2.18. The van der Waals surface area contributed by atoms with Crippen molar-refractivity contribution in [2.24, 2.45) is 0 Å². The maximum absolute atomic E-state index is 12.1. The zero-order chi connectivity index (χ0) is 14.6. The van der Waals surface area contributed by atoms with Crippen LogP contribution in [-0.4, -0.2) is 8.42 Å². The van der Waals surface area contributed by atoms with Crippen LogP contribution in [-0.2, 0) is 16.6 Å². The second-order valence-electron chi connectivity index (χ2n) is 4.39. The molecule has 0 saturated carbocycles. The molecule has 0 spiro atoms. The van der Waals surface area contributed by atoms with E-state index >= 15 is 0 Å². The van der Waals surface area contributed by atoms with E-state index in [-0.39, 0.29) is 11.4 Å². The largest absolute Gasteiger partial charge is 0.240 e. The van der Waals surface area contributed by atoms with Gasteiger partial charge in [0.15, 0.2) is 0 Å². The fraction of sp³-hybridized carbons (Fsp3) is 0.133. The highest BCUT2D eigenvalue weighted by Crippen LogP contribution is 2.12. The van der Waals surface area contributed by atoms with Gasteiger partial charge in [-0.1, -0.05) is 24.3 Å². The summed E-state index contributed by atoms with van der Waals surface area (Å²) in [6.07, 6.45) is 0. The van der Waals surface area contributed by atoms with E-state index in [2.05, 4.69) is 4.72 Å². The summed E-state index contributed by atoms with van der Waals surface area (Å²) in [5.41, 5.74) is 2.41. The molecule has 0 aliphatic heterocycles. The Balaban J connectivity index is 2.15. The van der Waals surface area contributed by atoms with Gasteiger partial charge in [-0.05, 0) is 42.3 Å². The topological polar surface area (TPSA) is 70.0 Å². The summed E-state index contributed by atoms with van der Waals surface area (Å²) >= 11 is 0. The van der Waals surface area contributed by atoms with Gasteiger partial charge in [-0.15, -0.1) is 0 Å². The average molecular weight is 286 g/mol. The van der Waals surface area contributed by atoms with E-state index in [0.29, 0.717) is 5.56 Å². The van der Waals surface area contributed by atoms with Gasteiger partial charge in [0.2, 0.25) is 10.0 Å². The Kier molecular flexibility index (Phi) is 4.18. The molecule has 0 atom stereocenters. The van der Waals surface area contributed by atoms with Gasteiger partial charge in [0.1, 0.15) is 0 Å². The monoisotopic (exact) mass is 286 g/mol. The number of hydrogen-bond donors (Lipinski definition) is 1. The van der Waals surface area contributed by atoms with Crippen LogP contribution < -0.4 is 4.72 Å². The maximum atomic E-state index is 12.1. The third-order valence-electron chi connectivity index (χ3n) is 3.01. The van der Waals surface area contributed by atoms with Crippen molar-refractivity contribution in [1.82, 2.24) is 4.72 Å². The van der Waals surface area contributed by atoms with E-state index in [0.717, 1.165) is 11.1 Å². The number of sulfonamides is 1. The minimum absolute atomic E-state index is 0.157. The van der Waals surface area contributed by atoms with Crippen LogP contribution in [0.15, 0.2) is 53.4 Å². The molecule has 0 amide bonds. The Labute approximate surface area is 118 Å². The second-order valence-corrected chi connectivity index (χ2v) is 6.15. The summed E-state index contributed by atoms with van der Waals surface area (Å²) in [7, 11) is -3.56. The number of nitrogens with one attached hydrogen (secondary N) is 1. The minimum Gasteiger partial charge on any atom is -0.207 e. The minimum atomic E-state index is -3.56. The molecule has 20 heavy (non-hydrogen) atoms. The Morgan fingerprint density at radius 1 is 1.10 bits per heavy atom. The maximum Gasteiger partial charge on any atom is 0.240 e. The fourth-order valence-electron chi connectivity index (χ4n) is 1.77. The van der Waals surface area contributed by atoms with E-state index in [9.17, 15) is 8.42 Å². The standard InChI is InChI=1S/C15H14N2O2S/c1-12-4-2-3-5-14(12)11-17-20(18,19)15-8-6-13(10-16)7-9-15/h2-9,17H,11H2,1H3. The fourth-order valence-corrected chi connectivity index (χ4v) is 2.78. The molecule has 2 aromatic rings. The third-order valence-corrected chi connectivity index (χ3v) is 4.42. The van der Waals surface area contributed by atoms with E-state index < -0.39 is 10.0 Å². The van der Waals surface area contributed by atoms with Crippen molar-refractivity contribution in [2.45, 2.75) is 18.4 Å². The van der Waals surface area contributed by atoms with E-state index in [1.165, 1.54) is 24.3 Å². The van der Waals surface area contributed by atoms with Gasteiger partial charge in [0.05, 0.1) is 16.5 Å². The average Bonchev–Trinajstić information content (AvgIpc) is 2.46. The quantitative estimate of drug-likeness (QED) is 0.938. The van der Waals surface area contributed by atoms with Crippen molar-refractivity contribution in [1.29, 1.82) is 5.26 Å². The molecule has 0 aromatic heterocycles. The highest BCUT2D eigenvalue weighted by Gasteiger charge is 2.13. The number of benzene rings is 2. The molecular formula is C15H14N2O2S. The summed E-state index contributed by atoms with van der Waals surface area (Å²) in [5, 5.41) is 8.70. The second kappa shape index (κ2) is 5.87. The van der Waals surface area contributed by atoms with Gasteiger partial charge in [0.25, 0.3) is 0 Å². The predicted octanol–water partition coefficient (Wildman–Crippen LogP) is 2.35. The van der Waals surface area contributed by atoms with Gasteiger partial charge >= 0.3 is 0 Å². The lowest BCUT2D eigenvalue weighted by Crippen LogP contribution is -2.23. The Bertz CT molecular complexity index is 744. The predicted molar refractivity (Wildman–Crippen MR) is 76.4 cm³/mol. The third kappa shape index (κ3) is 3.23. The van der Waals surface area contributed by atoms with Crippen molar-refractivity contribution < 1.29 is 8.42 Å². The number of hydrogen-bond acceptors (Lipinski definition) is 3. The molecule has 0 aliphatic carbocycles. The van der Waals surface area contributed by atoms with Crippen LogP contribution in [0, 0.1) is 18.3 Å². The van der Waals surface area contributed by atoms with Crippen molar-refractivity contribution in [3.05, 3.63) is 65.2 Å². The van der Waals surface area contributed by atoms with E-state index in [1.807, 2.05) is 37.3 Å². The van der Waals surface area contributed by atoms with Gasteiger partial charge in [-0.2, -0.15) is 5.26 Å². The van der Waals surface area contributed by atoms with Crippen molar-refractivity contribution >= 4 is 10.0 Å². The molecule has 0 unspecified atom stereocenters. The van der Waals surface area contributed by atoms with Crippen molar-refractivity contribution in [2.75, 3.05) is 0 Å². The SMILES string of the molecule is Cc1ccccc1CNS(=O)(=O)c1ccc(C#N)cc1. The molecule has 5 heteroatoms. The molecule has 0 fully saturated rings. The smallest absolute Gasteiger partial charge is 0.207 e. The van der Waals surface area contributed by atoms with Crippen LogP contribution in [0.1, 0.15) is 16.7 Å². The first-order valence-electron chi connectivity index (χ1n) is 6.07. The molecule has 0 bridgehead atoms. The Morgan fingerprint density at radius 3 is 2.35 bits per heavy atom. The molecule has 0 aliphatic rings. The molecule has 2 rings (SSSR count). The molecule has 0 radical (unpaired) electrons. The lowest BCUT2D eigenvalue weighted by Gasteiger charge is -2.08. The van der Waals surface area contributed by atoms with Crippen molar-refractivity contribution in [3.63, 3.8) is 0 Å². The first-order chi connectivity index (χ1) is 9.53. The van der Waals surface area contributed by atoms with Crippen LogP contribution in [0.3, 0.4) is 0 Å². The first kappa shape index (κ1) is 14.3. The van der Waals surface area contributed by atoms with Gasteiger partial charge in [0, 0.05) is 6.54 Å². The zero-order valence-electron chi connectivity index (χ0n) is 11.0. The van der Waals surface area contributed by atoms with Crippen molar-refractivity contribution in [3.8, 4) is 6.07 Å². The zero-order valence-corrected chi connectivity index (χ0v) is 11.8. The molecule has 4 nitrogen and oxygen atoms in total. The summed E-state index contributed by atoms with van der Waals surface area (Å²) < 4.78 is 26.8. The van der Waals surface area contributed by atoms with Crippen LogP contribution in [0.2, 0.25) is 0 Å². The molecule has 0 saturated heterocycles. The lowest BCUT2D eigenvalue weighted by molar-refractivity contribution is 0.581. The number of nitrogens with zero attached hydrogens (tertiary/aromatic N) is 1. The first-order valence-corrected chi connectivity index (χ1v) is 7.55. The van der Waals surface area contributed by atoms with E-state index in [1.54, 1.807) is 0 Å². The lowest BCUT2D eigenvalue weighted by atomic mass is 10.1. The molecule has 102 valence electrons. The molecule has 2 aromatic carbocycles. The number of aryl methyl sites for hydroxylation is 1. The summed E-state index contributed by atoms with van der Waals surface area (Å²) in [4.78, 5) is 0.157. The van der Waals surface area contributed by atoms with E-state index in [4.69, 9.17) is 5.26 Å². The Hall–Kier alpha value is -2.16. The molecular weight excluding hydrogens is 272 g/mol. The number of rotatable bonds is 4. The normalized spacial score (nSPS) is 11.0. The van der Waals surface area contributed by atoms with Gasteiger partial charge < -0.3 is 0 Å². The van der Waals surface area contributed by atoms with Gasteiger partial charge in [-0.3, -0.25) is 0 Å². The Morgan fingerprint density at radius 2 is 1.75 bits per heavy atom. The van der Waals surface area contributed by atoms with Crippen LogP contribution >= 0.6 is 0 Å². The molecule has 0 heterocycles. The highest BCUT2D eigenvalue weighted by atomic mass is 32.2. The molecule has 1 N–H and O–H groups in total. The highest BCUT2D eigenvalue weighted by molar-refractivity contribution is 7.89. The van der Waals surface area contributed by atoms with Crippen LogP contribution in [0.4, 0.5) is 0 Å².